The van der Waals surface area contributed by atoms with Gasteiger partial charge in [0.05, 0.1) is 17.0 Å². The number of allylic oxidation sites excluding steroid dienone is 2. The number of hydrazone groups is 1. The van der Waals surface area contributed by atoms with Crippen LogP contribution in [0, 0.1) is 34.0 Å². The number of hydrogen-bond acceptors (Lipinski definition) is 5. The van der Waals surface area contributed by atoms with Crippen LogP contribution in [0.25, 0.3) is 5.57 Å². The lowest BCUT2D eigenvalue weighted by Crippen LogP contribution is -2.06. The van der Waals surface area contributed by atoms with Crippen LogP contribution in [0.4, 0.5) is 5.69 Å². The molecule has 1 N–H and O–H groups in total. The molecule has 0 radical (unpaired) electrons. The molecule has 0 aliphatic heterocycles. The molecule has 0 aliphatic carbocycles. The van der Waals surface area contributed by atoms with Crippen LogP contribution in [-0.2, 0) is 0 Å². The highest BCUT2D eigenvalue weighted by molar-refractivity contribution is 6.13. The summed E-state index contributed by atoms with van der Waals surface area (Å²) in [6.45, 7) is 0. The van der Waals surface area contributed by atoms with E-state index in [0.717, 1.165) is 16.8 Å². The van der Waals surface area contributed by atoms with Crippen molar-refractivity contribution in [3.8, 4) is 18.2 Å². The second-order valence-corrected chi connectivity index (χ2v) is 5.97. The van der Waals surface area contributed by atoms with Crippen molar-refractivity contribution in [3.05, 3.63) is 107 Å². The molecule has 0 amide bonds. The van der Waals surface area contributed by atoms with E-state index in [4.69, 9.17) is 10.5 Å². The Bertz CT molecular complexity index is 1110. The molecule has 0 fully saturated rings. The minimum Gasteiger partial charge on any atom is -0.278 e. The predicted molar refractivity (Wildman–Crippen MR) is 112 cm³/mol. The van der Waals surface area contributed by atoms with E-state index in [1.54, 1.807) is 36.4 Å². The van der Waals surface area contributed by atoms with Gasteiger partial charge in [0.1, 0.15) is 23.8 Å². The first-order chi connectivity index (χ1) is 14.3. The molecule has 0 atom stereocenters. The fourth-order valence-corrected chi connectivity index (χ4v) is 2.72. The largest absolute Gasteiger partial charge is 0.278 e. The number of rotatable bonds is 5. The Labute approximate surface area is 169 Å². The third-order valence-corrected chi connectivity index (χ3v) is 4.15. The van der Waals surface area contributed by atoms with Crippen LogP contribution in [0.1, 0.15) is 16.7 Å². The first kappa shape index (κ1) is 19.1. The molecule has 29 heavy (non-hydrogen) atoms. The first-order valence-corrected chi connectivity index (χ1v) is 8.76. The molecular formula is C24H15N5. The van der Waals surface area contributed by atoms with Crippen molar-refractivity contribution in [2.24, 2.45) is 5.10 Å². The van der Waals surface area contributed by atoms with Crippen molar-refractivity contribution < 1.29 is 0 Å². The number of nitriles is 3. The van der Waals surface area contributed by atoms with Crippen molar-refractivity contribution >= 4 is 17.0 Å². The zero-order chi connectivity index (χ0) is 20.5. The van der Waals surface area contributed by atoms with Gasteiger partial charge < -0.3 is 0 Å². The molecule has 0 aliphatic rings. The van der Waals surface area contributed by atoms with Crippen LogP contribution in [0.3, 0.4) is 0 Å². The van der Waals surface area contributed by atoms with Crippen LogP contribution in [0.2, 0.25) is 0 Å². The third kappa shape index (κ3) is 4.55. The van der Waals surface area contributed by atoms with Gasteiger partial charge in [-0.15, -0.1) is 0 Å². The maximum Gasteiger partial charge on any atom is 0.148 e. The molecule has 0 saturated carbocycles. The highest BCUT2D eigenvalue weighted by atomic mass is 15.3. The van der Waals surface area contributed by atoms with Gasteiger partial charge in [0.15, 0.2) is 0 Å². The zero-order valence-electron chi connectivity index (χ0n) is 15.4. The molecular weight excluding hydrogens is 358 g/mol. The van der Waals surface area contributed by atoms with E-state index in [1.807, 2.05) is 66.7 Å². The molecule has 0 saturated heterocycles. The van der Waals surface area contributed by atoms with E-state index >= 15 is 0 Å². The summed E-state index contributed by atoms with van der Waals surface area (Å²) in [7, 11) is 0. The van der Waals surface area contributed by atoms with E-state index in [2.05, 4.69) is 10.5 Å². The highest BCUT2D eigenvalue weighted by Gasteiger charge is 2.09. The monoisotopic (exact) mass is 373 g/mol. The lowest BCUT2D eigenvalue weighted by molar-refractivity contribution is 1.32. The van der Waals surface area contributed by atoms with E-state index in [-0.39, 0.29) is 11.1 Å². The van der Waals surface area contributed by atoms with Crippen LogP contribution < -0.4 is 5.43 Å². The number of nitrogens with one attached hydrogen (secondary N) is 1. The van der Waals surface area contributed by atoms with Crippen LogP contribution >= 0.6 is 0 Å². The van der Waals surface area contributed by atoms with E-state index in [0.29, 0.717) is 11.3 Å². The van der Waals surface area contributed by atoms with Crippen molar-refractivity contribution in [3.63, 3.8) is 0 Å². The Morgan fingerprint density at radius 2 is 1.14 bits per heavy atom. The Morgan fingerprint density at radius 3 is 1.59 bits per heavy atom. The van der Waals surface area contributed by atoms with Crippen LogP contribution in [0.15, 0.2) is 95.6 Å². The summed E-state index contributed by atoms with van der Waals surface area (Å²) in [5.74, 6) is 0. The average molecular weight is 373 g/mol. The Balaban J connectivity index is 1.91. The standard InChI is InChI=1S/C24H15N5/c25-15-21(16-26)23(17-27)18-11-13-22(14-12-18)28-29-24(19-7-3-1-4-8-19)20-9-5-2-6-10-20/h1-14,28H. The topological polar surface area (TPSA) is 95.8 Å². The summed E-state index contributed by atoms with van der Waals surface area (Å²) < 4.78 is 0. The van der Waals surface area contributed by atoms with E-state index in [9.17, 15) is 5.26 Å². The summed E-state index contributed by atoms with van der Waals surface area (Å²) in [5, 5.41) is 31.8. The molecule has 0 aromatic heterocycles. The quantitative estimate of drug-likeness (QED) is 0.392. The molecule has 0 heterocycles. The number of benzene rings is 3. The fraction of sp³-hybridized carbons (Fsp3) is 0. The third-order valence-electron chi connectivity index (χ3n) is 4.15. The molecule has 3 aromatic rings. The van der Waals surface area contributed by atoms with Gasteiger partial charge in [0.2, 0.25) is 0 Å². The van der Waals surface area contributed by atoms with Crippen molar-refractivity contribution in [1.29, 1.82) is 15.8 Å². The summed E-state index contributed by atoms with van der Waals surface area (Å²) in [6.07, 6.45) is 0. The fourth-order valence-electron chi connectivity index (χ4n) is 2.72. The minimum atomic E-state index is -0.207. The minimum absolute atomic E-state index is 0.0549. The normalized spacial score (nSPS) is 9.28. The van der Waals surface area contributed by atoms with Gasteiger partial charge in [0, 0.05) is 11.1 Å². The molecule has 5 heteroatoms. The summed E-state index contributed by atoms with van der Waals surface area (Å²) in [5.41, 5.74) is 6.86. The second-order valence-electron chi connectivity index (χ2n) is 5.97. The average Bonchev–Trinajstić information content (AvgIpc) is 2.79. The van der Waals surface area contributed by atoms with Crippen LogP contribution in [0.5, 0.6) is 0 Å². The number of hydrogen-bond donors (Lipinski definition) is 1. The number of nitrogens with zero attached hydrogens (tertiary/aromatic N) is 4. The Hall–Kier alpha value is -4.66. The summed E-state index contributed by atoms with van der Waals surface area (Å²) in [6, 6.07) is 32.0. The summed E-state index contributed by atoms with van der Waals surface area (Å²) in [4.78, 5) is 0. The number of anilines is 1. The van der Waals surface area contributed by atoms with Gasteiger partial charge in [0.25, 0.3) is 0 Å². The molecule has 0 spiro atoms. The highest BCUT2D eigenvalue weighted by Crippen LogP contribution is 2.20. The van der Waals surface area contributed by atoms with Gasteiger partial charge in [-0.2, -0.15) is 20.9 Å². The van der Waals surface area contributed by atoms with Gasteiger partial charge in [-0.25, -0.2) is 0 Å². The van der Waals surface area contributed by atoms with Crippen LogP contribution in [-0.4, -0.2) is 5.71 Å². The zero-order valence-corrected chi connectivity index (χ0v) is 15.4. The SMILES string of the molecule is N#CC(C#N)=C(C#N)c1ccc(NN=C(c2ccccc2)c2ccccc2)cc1. The van der Waals surface area contributed by atoms with E-state index in [1.165, 1.54) is 0 Å². The molecule has 0 bridgehead atoms. The lowest BCUT2D eigenvalue weighted by atomic mass is 10.0. The molecule has 0 unspecified atom stereocenters. The molecule has 3 aromatic carbocycles. The Morgan fingerprint density at radius 1 is 0.621 bits per heavy atom. The van der Waals surface area contributed by atoms with Crippen molar-refractivity contribution in [1.82, 2.24) is 0 Å². The smallest absolute Gasteiger partial charge is 0.148 e. The maximum atomic E-state index is 9.26. The van der Waals surface area contributed by atoms with Crippen molar-refractivity contribution in [2.75, 3.05) is 5.43 Å². The molecule has 5 nitrogen and oxygen atoms in total. The lowest BCUT2D eigenvalue weighted by Gasteiger charge is -2.09. The molecule has 136 valence electrons. The van der Waals surface area contributed by atoms with Crippen molar-refractivity contribution in [2.45, 2.75) is 0 Å². The second kappa shape index (κ2) is 9.33. The van der Waals surface area contributed by atoms with Gasteiger partial charge in [-0.3, -0.25) is 5.43 Å². The summed E-state index contributed by atoms with van der Waals surface area (Å²) >= 11 is 0. The predicted octanol–water partition coefficient (Wildman–Crippen LogP) is 4.88. The maximum absolute atomic E-state index is 9.26. The van der Waals surface area contributed by atoms with E-state index < -0.39 is 0 Å². The van der Waals surface area contributed by atoms with Gasteiger partial charge in [-0.05, 0) is 17.7 Å². The Kier molecular flexibility index (Phi) is 6.15. The molecule has 3 rings (SSSR count). The van der Waals surface area contributed by atoms with Gasteiger partial charge in [-0.1, -0.05) is 72.8 Å². The van der Waals surface area contributed by atoms with Gasteiger partial charge >= 0.3 is 0 Å². The first-order valence-electron chi connectivity index (χ1n) is 8.76.